The summed E-state index contributed by atoms with van der Waals surface area (Å²) in [5.74, 6) is -3.09. The molecule has 0 heterocycles. The second-order valence-electron chi connectivity index (χ2n) is 3.48. The van der Waals surface area contributed by atoms with Gasteiger partial charge in [-0.05, 0) is 36.4 Å². The van der Waals surface area contributed by atoms with E-state index >= 15 is 0 Å². The third-order valence-electron chi connectivity index (χ3n) is 2.24. The minimum atomic E-state index is -1.08. The van der Waals surface area contributed by atoms with Gasteiger partial charge in [0.05, 0.1) is 5.56 Å². The van der Waals surface area contributed by atoms with Crippen molar-refractivity contribution in [3.8, 4) is 11.5 Å². The Balaban J connectivity index is 2.26. The van der Waals surface area contributed by atoms with Crippen molar-refractivity contribution in [1.29, 1.82) is 0 Å². The number of carbonyl (C=O) groups is 1. The van der Waals surface area contributed by atoms with Crippen LogP contribution in [0.1, 0.15) is 10.4 Å². The molecule has 2 aromatic carbocycles. The molecule has 1 N–H and O–H groups in total. The summed E-state index contributed by atoms with van der Waals surface area (Å²) < 4.78 is 31.6. The Morgan fingerprint density at radius 3 is 2.06 bits per heavy atom. The van der Waals surface area contributed by atoms with E-state index < -0.39 is 23.4 Å². The average Bonchev–Trinajstić information content (AvgIpc) is 2.34. The number of rotatable bonds is 3. The summed E-state index contributed by atoms with van der Waals surface area (Å²) in [6.07, 6.45) is 0. The largest absolute Gasteiger partial charge is 0.478 e. The molecule has 0 aliphatic rings. The van der Waals surface area contributed by atoms with E-state index in [1.54, 1.807) is 0 Å². The third kappa shape index (κ3) is 2.45. The molecule has 0 radical (unpaired) electrons. The highest BCUT2D eigenvalue weighted by Gasteiger charge is 2.11. The highest BCUT2D eigenvalue weighted by Crippen LogP contribution is 2.27. The van der Waals surface area contributed by atoms with Crippen molar-refractivity contribution in [1.82, 2.24) is 0 Å². The van der Waals surface area contributed by atoms with Crippen LogP contribution in [-0.2, 0) is 0 Å². The normalized spacial score (nSPS) is 10.1. The number of aromatic carboxylic acids is 1. The Hall–Kier alpha value is -2.43. The molecule has 0 saturated heterocycles. The van der Waals surface area contributed by atoms with Gasteiger partial charge in [0.15, 0.2) is 17.4 Å². The van der Waals surface area contributed by atoms with E-state index in [1.165, 1.54) is 30.3 Å². The summed E-state index contributed by atoms with van der Waals surface area (Å²) in [5, 5.41) is 8.69. The van der Waals surface area contributed by atoms with Crippen molar-refractivity contribution in [2.75, 3.05) is 0 Å². The third-order valence-corrected chi connectivity index (χ3v) is 2.24. The van der Waals surface area contributed by atoms with Gasteiger partial charge in [-0.2, -0.15) is 0 Å². The standard InChI is InChI=1S/C13H8F2O3/c14-10-2-1-3-11(15)12(10)18-9-6-4-8(5-7-9)13(16)17/h1-7H,(H,16,17). The lowest BCUT2D eigenvalue weighted by Crippen LogP contribution is -1.96. The molecule has 5 heteroatoms. The SMILES string of the molecule is O=C(O)c1ccc(Oc2c(F)cccc2F)cc1. The summed E-state index contributed by atoms with van der Waals surface area (Å²) in [4.78, 5) is 10.6. The van der Waals surface area contributed by atoms with Crippen LogP contribution in [0.3, 0.4) is 0 Å². The number of ether oxygens (including phenoxy) is 1. The lowest BCUT2D eigenvalue weighted by molar-refractivity contribution is 0.0697. The molecule has 0 bridgehead atoms. The first-order valence-corrected chi connectivity index (χ1v) is 5.03. The van der Waals surface area contributed by atoms with Crippen molar-refractivity contribution >= 4 is 5.97 Å². The smallest absolute Gasteiger partial charge is 0.335 e. The number of carboxylic acid groups (broad SMARTS) is 1. The molecule has 0 aliphatic heterocycles. The maximum absolute atomic E-state index is 13.3. The van der Waals surface area contributed by atoms with E-state index in [1.807, 2.05) is 0 Å². The summed E-state index contributed by atoms with van der Waals surface area (Å²) in [6.45, 7) is 0. The van der Waals surface area contributed by atoms with E-state index in [4.69, 9.17) is 9.84 Å². The van der Waals surface area contributed by atoms with E-state index in [-0.39, 0.29) is 11.3 Å². The number of halogens is 2. The van der Waals surface area contributed by atoms with E-state index in [0.29, 0.717) is 0 Å². The Morgan fingerprint density at radius 1 is 1.00 bits per heavy atom. The average molecular weight is 250 g/mol. The van der Waals surface area contributed by atoms with Gasteiger partial charge in [-0.15, -0.1) is 0 Å². The fourth-order valence-electron chi connectivity index (χ4n) is 1.36. The van der Waals surface area contributed by atoms with Crippen LogP contribution in [0.25, 0.3) is 0 Å². The first-order chi connectivity index (χ1) is 8.58. The fourth-order valence-corrected chi connectivity index (χ4v) is 1.36. The van der Waals surface area contributed by atoms with Crippen molar-refractivity contribution in [3.05, 3.63) is 59.7 Å². The van der Waals surface area contributed by atoms with Gasteiger partial charge < -0.3 is 9.84 Å². The zero-order valence-corrected chi connectivity index (χ0v) is 9.06. The first kappa shape index (κ1) is 12.0. The molecule has 0 spiro atoms. The van der Waals surface area contributed by atoms with Crippen LogP contribution in [-0.4, -0.2) is 11.1 Å². The van der Waals surface area contributed by atoms with Crippen molar-refractivity contribution in [3.63, 3.8) is 0 Å². The van der Waals surface area contributed by atoms with Crippen LogP contribution in [0.5, 0.6) is 11.5 Å². The molecular weight excluding hydrogens is 242 g/mol. The second kappa shape index (κ2) is 4.83. The van der Waals surface area contributed by atoms with Crippen molar-refractivity contribution < 1.29 is 23.4 Å². The number of hydrogen-bond acceptors (Lipinski definition) is 2. The van der Waals surface area contributed by atoms with E-state index in [2.05, 4.69) is 0 Å². The van der Waals surface area contributed by atoms with Gasteiger partial charge in [0.2, 0.25) is 0 Å². The number of benzene rings is 2. The Morgan fingerprint density at radius 2 is 1.56 bits per heavy atom. The minimum Gasteiger partial charge on any atom is -0.478 e. The lowest BCUT2D eigenvalue weighted by atomic mass is 10.2. The van der Waals surface area contributed by atoms with Crippen LogP contribution in [0, 0.1) is 11.6 Å². The first-order valence-electron chi connectivity index (χ1n) is 5.03. The maximum atomic E-state index is 13.3. The second-order valence-corrected chi connectivity index (χ2v) is 3.48. The zero-order valence-electron chi connectivity index (χ0n) is 9.06. The van der Waals surface area contributed by atoms with Crippen LogP contribution >= 0.6 is 0 Å². The molecular formula is C13H8F2O3. The molecule has 0 fully saturated rings. The Bertz CT molecular complexity index is 559. The number of hydrogen-bond donors (Lipinski definition) is 1. The number of carboxylic acids is 1. The number of para-hydroxylation sites is 1. The van der Waals surface area contributed by atoms with Gasteiger partial charge in [0, 0.05) is 0 Å². The molecule has 92 valence electrons. The molecule has 0 aliphatic carbocycles. The fraction of sp³-hybridized carbons (Fsp3) is 0. The Kier molecular flexibility index (Phi) is 3.23. The zero-order chi connectivity index (χ0) is 13.1. The molecule has 0 aromatic heterocycles. The van der Waals surface area contributed by atoms with Crippen LogP contribution in [0.2, 0.25) is 0 Å². The van der Waals surface area contributed by atoms with Gasteiger partial charge >= 0.3 is 5.97 Å². The molecule has 0 unspecified atom stereocenters. The maximum Gasteiger partial charge on any atom is 0.335 e. The molecule has 2 rings (SSSR count). The summed E-state index contributed by atoms with van der Waals surface area (Å²) >= 11 is 0. The monoisotopic (exact) mass is 250 g/mol. The highest BCUT2D eigenvalue weighted by molar-refractivity contribution is 5.87. The van der Waals surface area contributed by atoms with Gasteiger partial charge in [0.1, 0.15) is 5.75 Å². The summed E-state index contributed by atoms with van der Waals surface area (Å²) in [6, 6.07) is 8.61. The minimum absolute atomic E-state index is 0.0661. The van der Waals surface area contributed by atoms with Gasteiger partial charge in [-0.25, -0.2) is 13.6 Å². The molecule has 18 heavy (non-hydrogen) atoms. The topological polar surface area (TPSA) is 46.5 Å². The molecule has 3 nitrogen and oxygen atoms in total. The van der Waals surface area contributed by atoms with Crippen molar-refractivity contribution in [2.45, 2.75) is 0 Å². The predicted octanol–water partition coefficient (Wildman–Crippen LogP) is 3.46. The van der Waals surface area contributed by atoms with E-state index in [0.717, 1.165) is 12.1 Å². The quantitative estimate of drug-likeness (QED) is 0.907. The molecule has 2 aromatic rings. The van der Waals surface area contributed by atoms with Crippen LogP contribution in [0.15, 0.2) is 42.5 Å². The molecule has 0 amide bonds. The molecule has 0 saturated carbocycles. The van der Waals surface area contributed by atoms with Crippen LogP contribution in [0.4, 0.5) is 8.78 Å². The highest BCUT2D eigenvalue weighted by atomic mass is 19.1. The van der Waals surface area contributed by atoms with Gasteiger partial charge in [-0.1, -0.05) is 6.07 Å². The van der Waals surface area contributed by atoms with E-state index in [9.17, 15) is 13.6 Å². The summed E-state index contributed by atoms with van der Waals surface area (Å²) in [7, 11) is 0. The molecule has 0 atom stereocenters. The lowest BCUT2D eigenvalue weighted by Gasteiger charge is -2.07. The van der Waals surface area contributed by atoms with Gasteiger partial charge in [-0.3, -0.25) is 0 Å². The van der Waals surface area contributed by atoms with Crippen molar-refractivity contribution in [2.24, 2.45) is 0 Å². The van der Waals surface area contributed by atoms with Gasteiger partial charge in [0.25, 0.3) is 0 Å². The summed E-state index contributed by atoms with van der Waals surface area (Å²) in [5.41, 5.74) is 0.0661. The Labute approximate surface area is 101 Å². The predicted molar refractivity (Wildman–Crippen MR) is 59.8 cm³/mol. The van der Waals surface area contributed by atoms with Crippen LogP contribution < -0.4 is 4.74 Å².